The SMILES string of the molecule is Cc1cccc(CN(CC(=O)NCCN2CCOCC2)S(=O)(=O)c2ccc(Cl)cc2)c1. The van der Waals surface area contributed by atoms with Crippen LogP contribution in [0.15, 0.2) is 53.4 Å². The van der Waals surface area contributed by atoms with E-state index >= 15 is 0 Å². The highest BCUT2D eigenvalue weighted by atomic mass is 35.5. The van der Waals surface area contributed by atoms with E-state index in [2.05, 4.69) is 10.2 Å². The quantitative estimate of drug-likeness (QED) is 0.614. The molecule has 1 heterocycles. The number of morpholine rings is 1. The fourth-order valence-electron chi connectivity index (χ4n) is 3.39. The molecular weight excluding hydrogens is 438 g/mol. The zero-order valence-corrected chi connectivity index (χ0v) is 19.2. The lowest BCUT2D eigenvalue weighted by atomic mass is 10.1. The van der Waals surface area contributed by atoms with Gasteiger partial charge in [-0.1, -0.05) is 41.4 Å². The second-order valence-electron chi connectivity index (χ2n) is 7.52. The average molecular weight is 466 g/mol. The largest absolute Gasteiger partial charge is 0.379 e. The summed E-state index contributed by atoms with van der Waals surface area (Å²) in [5, 5.41) is 3.29. The van der Waals surface area contributed by atoms with E-state index in [1.807, 2.05) is 31.2 Å². The number of sulfonamides is 1. The van der Waals surface area contributed by atoms with Crippen LogP contribution in [0.25, 0.3) is 0 Å². The van der Waals surface area contributed by atoms with Crippen LogP contribution < -0.4 is 5.32 Å². The molecule has 1 saturated heterocycles. The topological polar surface area (TPSA) is 79.0 Å². The first-order valence-electron chi connectivity index (χ1n) is 10.2. The van der Waals surface area contributed by atoms with Gasteiger partial charge in [-0.2, -0.15) is 4.31 Å². The van der Waals surface area contributed by atoms with Gasteiger partial charge in [0.25, 0.3) is 0 Å². The normalized spacial score (nSPS) is 15.2. The number of amides is 1. The van der Waals surface area contributed by atoms with E-state index in [1.54, 1.807) is 0 Å². The molecule has 0 radical (unpaired) electrons. The van der Waals surface area contributed by atoms with Gasteiger partial charge in [0.05, 0.1) is 24.7 Å². The molecule has 2 aromatic carbocycles. The predicted octanol–water partition coefficient (Wildman–Crippen LogP) is 2.29. The molecule has 2 aromatic rings. The van der Waals surface area contributed by atoms with Crippen molar-refractivity contribution < 1.29 is 17.9 Å². The number of nitrogens with one attached hydrogen (secondary N) is 1. The molecule has 0 atom stereocenters. The van der Waals surface area contributed by atoms with Crippen molar-refractivity contribution in [3.05, 3.63) is 64.7 Å². The molecule has 1 aliphatic heterocycles. The first kappa shape index (κ1) is 23.7. The number of benzene rings is 2. The Hall–Kier alpha value is -1.97. The number of carbonyl (C=O) groups excluding carboxylic acids is 1. The molecule has 0 bridgehead atoms. The fourth-order valence-corrected chi connectivity index (χ4v) is 4.90. The third kappa shape index (κ3) is 7.02. The lowest BCUT2D eigenvalue weighted by Gasteiger charge is -2.27. The molecule has 0 aromatic heterocycles. The Labute approximate surface area is 189 Å². The summed E-state index contributed by atoms with van der Waals surface area (Å²) in [6, 6.07) is 13.6. The Morgan fingerprint density at radius 3 is 2.55 bits per heavy atom. The molecule has 0 aliphatic carbocycles. The minimum atomic E-state index is -3.88. The molecular formula is C22H28ClN3O4S. The molecule has 9 heteroatoms. The van der Waals surface area contributed by atoms with E-state index in [0.717, 1.165) is 24.2 Å². The maximum atomic E-state index is 13.3. The van der Waals surface area contributed by atoms with Gasteiger partial charge in [0.15, 0.2) is 0 Å². The zero-order chi connectivity index (χ0) is 22.3. The number of hydrogen-bond donors (Lipinski definition) is 1. The summed E-state index contributed by atoms with van der Waals surface area (Å²) in [5.74, 6) is -0.335. The first-order valence-corrected chi connectivity index (χ1v) is 12.0. The van der Waals surface area contributed by atoms with Gasteiger partial charge in [-0.3, -0.25) is 9.69 Å². The van der Waals surface area contributed by atoms with Gasteiger partial charge < -0.3 is 10.1 Å². The number of hydrogen-bond acceptors (Lipinski definition) is 5. The number of ether oxygens (including phenoxy) is 1. The Balaban J connectivity index is 1.70. The summed E-state index contributed by atoms with van der Waals surface area (Å²) in [6.07, 6.45) is 0. The van der Waals surface area contributed by atoms with Gasteiger partial charge in [-0.15, -0.1) is 0 Å². The molecule has 3 rings (SSSR count). The monoisotopic (exact) mass is 465 g/mol. The zero-order valence-electron chi connectivity index (χ0n) is 17.6. The van der Waals surface area contributed by atoms with Gasteiger partial charge in [-0.25, -0.2) is 8.42 Å². The van der Waals surface area contributed by atoms with Gasteiger partial charge in [0.1, 0.15) is 0 Å². The molecule has 0 spiro atoms. The molecule has 1 N–H and O–H groups in total. The van der Waals surface area contributed by atoms with Crippen LogP contribution in [0.1, 0.15) is 11.1 Å². The molecule has 1 fully saturated rings. The predicted molar refractivity (Wildman–Crippen MR) is 120 cm³/mol. The van der Waals surface area contributed by atoms with Crippen molar-refractivity contribution in [3.8, 4) is 0 Å². The minimum Gasteiger partial charge on any atom is -0.379 e. The third-order valence-corrected chi connectivity index (χ3v) is 7.12. The van der Waals surface area contributed by atoms with Crippen LogP contribution in [0.5, 0.6) is 0 Å². The van der Waals surface area contributed by atoms with Crippen LogP contribution in [0, 0.1) is 6.92 Å². The minimum absolute atomic E-state index is 0.101. The molecule has 0 saturated carbocycles. The van der Waals surface area contributed by atoms with Crippen LogP contribution in [-0.2, 0) is 26.1 Å². The average Bonchev–Trinajstić information content (AvgIpc) is 2.74. The van der Waals surface area contributed by atoms with Crippen molar-refractivity contribution in [2.45, 2.75) is 18.4 Å². The second kappa shape index (κ2) is 11.1. The van der Waals surface area contributed by atoms with E-state index in [4.69, 9.17) is 16.3 Å². The number of nitrogens with zero attached hydrogens (tertiary/aromatic N) is 2. The highest BCUT2D eigenvalue weighted by Gasteiger charge is 2.27. The van der Waals surface area contributed by atoms with Crippen molar-refractivity contribution >= 4 is 27.5 Å². The van der Waals surface area contributed by atoms with Gasteiger partial charge >= 0.3 is 0 Å². The molecule has 1 aliphatic rings. The number of rotatable bonds is 9. The van der Waals surface area contributed by atoms with Crippen molar-refractivity contribution in [2.24, 2.45) is 0 Å². The Kier molecular flexibility index (Phi) is 8.45. The van der Waals surface area contributed by atoms with Crippen LogP contribution in [0.4, 0.5) is 0 Å². The molecule has 1 amide bonds. The van der Waals surface area contributed by atoms with E-state index in [-0.39, 0.29) is 23.9 Å². The van der Waals surface area contributed by atoms with Crippen molar-refractivity contribution in [2.75, 3.05) is 45.9 Å². The maximum absolute atomic E-state index is 13.3. The lowest BCUT2D eigenvalue weighted by Crippen LogP contribution is -2.44. The van der Waals surface area contributed by atoms with E-state index < -0.39 is 10.0 Å². The summed E-state index contributed by atoms with van der Waals surface area (Å²) in [6.45, 7) is 6.00. The van der Waals surface area contributed by atoms with Crippen LogP contribution in [0.3, 0.4) is 0 Å². The van der Waals surface area contributed by atoms with Crippen LogP contribution in [0.2, 0.25) is 5.02 Å². The van der Waals surface area contributed by atoms with E-state index in [1.165, 1.54) is 28.6 Å². The maximum Gasteiger partial charge on any atom is 0.243 e. The van der Waals surface area contributed by atoms with Crippen molar-refractivity contribution in [3.63, 3.8) is 0 Å². The van der Waals surface area contributed by atoms with Gasteiger partial charge in [0.2, 0.25) is 15.9 Å². The van der Waals surface area contributed by atoms with E-state index in [9.17, 15) is 13.2 Å². The summed E-state index contributed by atoms with van der Waals surface area (Å²) in [7, 11) is -3.88. The summed E-state index contributed by atoms with van der Waals surface area (Å²) in [5.41, 5.74) is 1.84. The molecule has 31 heavy (non-hydrogen) atoms. The first-order chi connectivity index (χ1) is 14.8. The van der Waals surface area contributed by atoms with E-state index in [0.29, 0.717) is 31.3 Å². The Morgan fingerprint density at radius 1 is 1.16 bits per heavy atom. The van der Waals surface area contributed by atoms with Gasteiger partial charge in [-0.05, 0) is 36.8 Å². The lowest BCUT2D eigenvalue weighted by molar-refractivity contribution is -0.121. The Bertz CT molecular complexity index is 977. The van der Waals surface area contributed by atoms with Crippen LogP contribution in [-0.4, -0.2) is 69.5 Å². The van der Waals surface area contributed by atoms with Crippen molar-refractivity contribution in [1.82, 2.24) is 14.5 Å². The van der Waals surface area contributed by atoms with Crippen molar-refractivity contribution in [1.29, 1.82) is 0 Å². The smallest absolute Gasteiger partial charge is 0.243 e. The highest BCUT2D eigenvalue weighted by Crippen LogP contribution is 2.20. The fraction of sp³-hybridized carbons (Fsp3) is 0.409. The summed E-state index contributed by atoms with van der Waals surface area (Å²) in [4.78, 5) is 14.9. The second-order valence-corrected chi connectivity index (χ2v) is 9.89. The molecule has 7 nitrogen and oxygen atoms in total. The number of carbonyl (C=O) groups is 1. The standard InChI is InChI=1S/C22H28ClN3O4S/c1-18-3-2-4-19(15-18)16-26(31(28,29)21-7-5-20(23)6-8-21)17-22(27)24-9-10-25-11-13-30-14-12-25/h2-8,15H,9-14,16-17H2,1H3,(H,24,27). The summed E-state index contributed by atoms with van der Waals surface area (Å²) < 4.78 is 33.1. The third-order valence-electron chi connectivity index (χ3n) is 5.07. The Morgan fingerprint density at radius 2 is 1.87 bits per heavy atom. The number of halogens is 1. The molecule has 168 valence electrons. The highest BCUT2D eigenvalue weighted by molar-refractivity contribution is 7.89. The van der Waals surface area contributed by atoms with Gasteiger partial charge in [0, 0.05) is 37.7 Å². The van der Waals surface area contributed by atoms with Crippen LogP contribution >= 0.6 is 11.6 Å². The number of aryl methyl sites for hydroxylation is 1. The summed E-state index contributed by atoms with van der Waals surface area (Å²) >= 11 is 5.91. The molecule has 0 unspecified atom stereocenters.